The maximum Gasteiger partial charge on any atom is 0.335 e. The van der Waals surface area contributed by atoms with Crippen LogP contribution in [-0.2, 0) is 6.54 Å². The second-order valence-corrected chi connectivity index (χ2v) is 5.86. The van der Waals surface area contributed by atoms with Gasteiger partial charge in [-0.3, -0.25) is 0 Å². The molecule has 0 unspecified atom stereocenters. The van der Waals surface area contributed by atoms with Crippen molar-refractivity contribution in [1.82, 2.24) is 9.97 Å². The zero-order valence-electron chi connectivity index (χ0n) is 15.1. The number of carboxylic acids is 1. The molecule has 1 aromatic heterocycles. The standard InChI is InChI=1S/C20H20N4O3/c1-13-22-18(21-12-15-6-3-4-9-17(15)27-2)11-19(23-13)24-16-8-5-7-14(10-16)20(25)26/h3-11H,12H2,1-2H3,(H,25,26)(H2,21,22,23,24). The van der Waals surface area contributed by atoms with Gasteiger partial charge >= 0.3 is 5.97 Å². The summed E-state index contributed by atoms with van der Waals surface area (Å²) >= 11 is 0. The van der Waals surface area contributed by atoms with Crippen LogP contribution < -0.4 is 15.4 Å². The summed E-state index contributed by atoms with van der Waals surface area (Å²) in [5.41, 5.74) is 1.86. The number of aromatic carboxylic acids is 1. The van der Waals surface area contributed by atoms with Crippen LogP contribution in [0.25, 0.3) is 0 Å². The molecule has 0 bridgehead atoms. The molecule has 0 aliphatic heterocycles. The second-order valence-electron chi connectivity index (χ2n) is 5.86. The lowest BCUT2D eigenvalue weighted by Gasteiger charge is -2.12. The highest BCUT2D eigenvalue weighted by Gasteiger charge is 2.07. The van der Waals surface area contributed by atoms with Crippen molar-refractivity contribution in [2.24, 2.45) is 0 Å². The summed E-state index contributed by atoms with van der Waals surface area (Å²) < 4.78 is 5.36. The molecule has 0 saturated carbocycles. The van der Waals surface area contributed by atoms with E-state index in [0.717, 1.165) is 11.3 Å². The van der Waals surface area contributed by atoms with Gasteiger partial charge in [0.15, 0.2) is 0 Å². The summed E-state index contributed by atoms with van der Waals surface area (Å²) in [5.74, 6) is 1.66. The van der Waals surface area contributed by atoms with Crippen LogP contribution >= 0.6 is 0 Å². The van der Waals surface area contributed by atoms with Gasteiger partial charge in [0.25, 0.3) is 0 Å². The SMILES string of the molecule is COc1ccccc1CNc1cc(Nc2cccc(C(=O)O)c2)nc(C)n1. The molecule has 0 saturated heterocycles. The molecule has 3 N–H and O–H groups in total. The molecule has 0 aliphatic rings. The van der Waals surface area contributed by atoms with Gasteiger partial charge in [0.2, 0.25) is 0 Å². The Morgan fingerprint density at radius 2 is 1.85 bits per heavy atom. The van der Waals surface area contributed by atoms with Gasteiger partial charge in [0, 0.05) is 23.9 Å². The number of anilines is 3. The number of aryl methyl sites for hydroxylation is 1. The number of benzene rings is 2. The zero-order chi connectivity index (χ0) is 19.2. The molecular weight excluding hydrogens is 344 g/mol. The maximum atomic E-state index is 11.1. The highest BCUT2D eigenvalue weighted by molar-refractivity contribution is 5.89. The van der Waals surface area contributed by atoms with E-state index >= 15 is 0 Å². The monoisotopic (exact) mass is 364 g/mol. The number of ether oxygens (including phenoxy) is 1. The fraction of sp³-hybridized carbons (Fsp3) is 0.150. The Morgan fingerprint density at radius 1 is 1.07 bits per heavy atom. The number of nitrogens with zero attached hydrogens (tertiary/aromatic N) is 2. The normalized spacial score (nSPS) is 10.3. The van der Waals surface area contributed by atoms with E-state index in [1.165, 1.54) is 0 Å². The minimum absolute atomic E-state index is 0.209. The van der Waals surface area contributed by atoms with Crippen molar-refractivity contribution in [3.05, 3.63) is 71.5 Å². The van der Waals surface area contributed by atoms with Crippen LogP contribution in [0.15, 0.2) is 54.6 Å². The van der Waals surface area contributed by atoms with Crippen LogP contribution in [0.3, 0.4) is 0 Å². The lowest BCUT2D eigenvalue weighted by atomic mass is 10.2. The van der Waals surface area contributed by atoms with Gasteiger partial charge in [-0.25, -0.2) is 14.8 Å². The van der Waals surface area contributed by atoms with Crippen LogP contribution in [0.1, 0.15) is 21.7 Å². The first-order valence-corrected chi connectivity index (χ1v) is 8.37. The van der Waals surface area contributed by atoms with Crippen LogP contribution in [0.4, 0.5) is 17.3 Å². The van der Waals surface area contributed by atoms with E-state index in [1.54, 1.807) is 44.4 Å². The zero-order valence-corrected chi connectivity index (χ0v) is 15.1. The largest absolute Gasteiger partial charge is 0.496 e. The predicted molar refractivity (Wildman–Crippen MR) is 104 cm³/mol. The first-order chi connectivity index (χ1) is 13.0. The fourth-order valence-electron chi connectivity index (χ4n) is 2.63. The van der Waals surface area contributed by atoms with E-state index in [0.29, 0.717) is 29.7 Å². The summed E-state index contributed by atoms with van der Waals surface area (Å²) in [6.45, 7) is 2.35. The summed E-state index contributed by atoms with van der Waals surface area (Å²) in [5, 5.41) is 15.5. The van der Waals surface area contributed by atoms with E-state index in [9.17, 15) is 4.79 Å². The van der Waals surface area contributed by atoms with Crippen LogP contribution in [0.5, 0.6) is 5.75 Å². The minimum Gasteiger partial charge on any atom is -0.496 e. The van der Waals surface area contributed by atoms with Crippen molar-refractivity contribution in [3.63, 3.8) is 0 Å². The molecule has 0 fully saturated rings. The fourth-order valence-corrected chi connectivity index (χ4v) is 2.63. The molecule has 0 aliphatic carbocycles. The summed E-state index contributed by atoms with van der Waals surface area (Å²) in [4.78, 5) is 19.9. The van der Waals surface area contributed by atoms with E-state index in [2.05, 4.69) is 20.6 Å². The Kier molecular flexibility index (Phi) is 5.51. The van der Waals surface area contributed by atoms with E-state index < -0.39 is 5.97 Å². The minimum atomic E-state index is -0.975. The van der Waals surface area contributed by atoms with Crippen molar-refractivity contribution in [2.75, 3.05) is 17.7 Å². The van der Waals surface area contributed by atoms with Crippen molar-refractivity contribution >= 4 is 23.3 Å². The topological polar surface area (TPSA) is 96.4 Å². The number of nitrogens with one attached hydrogen (secondary N) is 2. The third-order valence-corrected chi connectivity index (χ3v) is 3.87. The number of carbonyl (C=O) groups is 1. The third kappa shape index (κ3) is 4.72. The molecule has 0 amide bonds. The van der Waals surface area contributed by atoms with E-state index in [4.69, 9.17) is 9.84 Å². The van der Waals surface area contributed by atoms with Crippen molar-refractivity contribution < 1.29 is 14.6 Å². The molecule has 138 valence electrons. The van der Waals surface area contributed by atoms with Gasteiger partial charge in [0.05, 0.1) is 12.7 Å². The Bertz CT molecular complexity index is 959. The molecule has 1 heterocycles. The van der Waals surface area contributed by atoms with Gasteiger partial charge in [-0.15, -0.1) is 0 Å². The molecule has 2 aromatic carbocycles. The first kappa shape index (κ1) is 18.2. The van der Waals surface area contributed by atoms with Gasteiger partial charge in [-0.1, -0.05) is 24.3 Å². The lowest BCUT2D eigenvalue weighted by molar-refractivity contribution is 0.0697. The van der Waals surface area contributed by atoms with Gasteiger partial charge in [0.1, 0.15) is 23.2 Å². The molecule has 3 aromatic rings. The Morgan fingerprint density at radius 3 is 2.63 bits per heavy atom. The molecule has 0 spiro atoms. The summed E-state index contributed by atoms with van der Waals surface area (Å²) in [7, 11) is 1.64. The Balaban J connectivity index is 1.76. The van der Waals surface area contributed by atoms with Crippen molar-refractivity contribution in [3.8, 4) is 5.75 Å². The highest BCUT2D eigenvalue weighted by Crippen LogP contribution is 2.21. The number of hydrogen-bond acceptors (Lipinski definition) is 6. The Hall–Kier alpha value is -3.61. The molecule has 27 heavy (non-hydrogen) atoms. The van der Waals surface area contributed by atoms with Crippen LogP contribution in [0.2, 0.25) is 0 Å². The smallest absolute Gasteiger partial charge is 0.335 e. The first-order valence-electron chi connectivity index (χ1n) is 8.37. The van der Waals surface area contributed by atoms with Gasteiger partial charge in [-0.2, -0.15) is 0 Å². The molecular formula is C20H20N4O3. The van der Waals surface area contributed by atoms with E-state index in [1.807, 2.05) is 24.3 Å². The predicted octanol–water partition coefficient (Wildman–Crippen LogP) is 3.85. The highest BCUT2D eigenvalue weighted by atomic mass is 16.5. The van der Waals surface area contributed by atoms with Gasteiger partial charge in [-0.05, 0) is 31.2 Å². The number of para-hydroxylation sites is 1. The molecule has 7 nitrogen and oxygen atoms in total. The molecule has 7 heteroatoms. The number of aromatic nitrogens is 2. The number of carboxylic acid groups (broad SMARTS) is 1. The van der Waals surface area contributed by atoms with Crippen molar-refractivity contribution in [1.29, 1.82) is 0 Å². The lowest BCUT2D eigenvalue weighted by Crippen LogP contribution is -2.06. The number of hydrogen-bond donors (Lipinski definition) is 3. The Labute approximate surface area is 157 Å². The van der Waals surface area contributed by atoms with Gasteiger partial charge < -0.3 is 20.5 Å². The summed E-state index contributed by atoms with van der Waals surface area (Å²) in [6.07, 6.45) is 0. The molecule has 3 rings (SSSR count). The third-order valence-electron chi connectivity index (χ3n) is 3.87. The molecule has 0 atom stereocenters. The second kappa shape index (κ2) is 8.18. The van der Waals surface area contributed by atoms with E-state index in [-0.39, 0.29) is 5.56 Å². The van der Waals surface area contributed by atoms with Crippen molar-refractivity contribution in [2.45, 2.75) is 13.5 Å². The quantitative estimate of drug-likeness (QED) is 0.586. The van der Waals surface area contributed by atoms with Crippen LogP contribution in [-0.4, -0.2) is 28.2 Å². The molecule has 0 radical (unpaired) electrons. The maximum absolute atomic E-state index is 11.1. The number of rotatable bonds is 7. The van der Waals surface area contributed by atoms with Crippen LogP contribution in [0, 0.1) is 6.92 Å². The average molecular weight is 364 g/mol. The average Bonchev–Trinajstić information content (AvgIpc) is 2.66. The summed E-state index contributed by atoms with van der Waals surface area (Å²) in [6, 6.07) is 16.1. The number of methoxy groups -OCH3 is 1.